The van der Waals surface area contributed by atoms with E-state index in [0.29, 0.717) is 10.9 Å². The fourth-order valence-electron chi connectivity index (χ4n) is 3.26. The van der Waals surface area contributed by atoms with E-state index in [4.69, 9.17) is 18.9 Å². The zero-order chi connectivity index (χ0) is 23.4. The van der Waals surface area contributed by atoms with Crippen molar-refractivity contribution in [3.05, 3.63) is 65.5 Å². The Kier molecular flexibility index (Phi) is 6.43. The van der Waals surface area contributed by atoms with E-state index in [-0.39, 0.29) is 22.5 Å². The van der Waals surface area contributed by atoms with Crippen LogP contribution in [-0.2, 0) is 28.5 Å². The molecule has 1 aliphatic heterocycles. The molecule has 1 aliphatic rings. The number of allylic oxidation sites excluding steroid dienone is 3. The Bertz CT molecular complexity index is 1180. The van der Waals surface area contributed by atoms with Crippen LogP contribution in [0.1, 0.15) is 5.69 Å². The minimum Gasteiger partial charge on any atom is -0.465 e. The molecule has 0 N–H and O–H groups in total. The van der Waals surface area contributed by atoms with Gasteiger partial charge in [0.2, 0.25) is 0 Å². The second kappa shape index (κ2) is 9.21. The quantitative estimate of drug-likeness (QED) is 0.235. The maximum Gasteiger partial charge on any atom is 0.418 e. The number of aromatic nitrogens is 1. The highest BCUT2D eigenvalue weighted by atomic mass is 16.6. The maximum absolute atomic E-state index is 12.6. The Morgan fingerprint density at radius 2 is 1.44 bits per heavy atom. The van der Waals surface area contributed by atoms with Crippen LogP contribution in [0.3, 0.4) is 0 Å². The van der Waals surface area contributed by atoms with Crippen molar-refractivity contribution < 1.29 is 38.1 Å². The Hall–Kier alpha value is -4.34. The summed E-state index contributed by atoms with van der Waals surface area (Å²) in [5.74, 6) is -1.85. The van der Waals surface area contributed by atoms with Crippen LogP contribution in [0.2, 0.25) is 0 Å². The first kappa shape index (κ1) is 22.3. The fraction of sp³-hybridized carbons (Fsp3) is 0.182. The summed E-state index contributed by atoms with van der Waals surface area (Å²) in [7, 11) is 4.67. The van der Waals surface area contributed by atoms with E-state index in [1.807, 2.05) is 0 Å². The topological polar surface area (TPSA) is 113 Å². The molecule has 1 aromatic heterocycles. The predicted octanol–water partition coefficient (Wildman–Crippen LogP) is 2.84. The maximum atomic E-state index is 12.6. The van der Waals surface area contributed by atoms with Gasteiger partial charge in [-0.1, -0.05) is 18.2 Å². The highest BCUT2D eigenvalue weighted by Crippen LogP contribution is 2.33. The van der Waals surface area contributed by atoms with Crippen molar-refractivity contribution in [3.63, 3.8) is 0 Å². The molecule has 0 saturated heterocycles. The number of hydrogen-bond donors (Lipinski definition) is 0. The van der Waals surface area contributed by atoms with Crippen molar-refractivity contribution in [3.8, 4) is 0 Å². The largest absolute Gasteiger partial charge is 0.465 e. The number of para-hydroxylation sites is 1. The molecule has 0 aliphatic carbocycles. The first-order chi connectivity index (χ1) is 15.4. The van der Waals surface area contributed by atoms with E-state index in [0.717, 1.165) is 19.1 Å². The Labute approximate surface area is 182 Å². The van der Waals surface area contributed by atoms with Crippen LogP contribution in [0.15, 0.2) is 59.8 Å². The molecule has 0 bridgehead atoms. The predicted molar refractivity (Wildman–Crippen MR) is 112 cm³/mol. The summed E-state index contributed by atoms with van der Waals surface area (Å²) in [4.78, 5) is 50.7. The lowest BCUT2D eigenvalue weighted by molar-refractivity contribution is -0.144. The van der Waals surface area contributed by atoms with E-state index in [2.05, 4.69) is 0 Å². The van der Waals surface area contributed by atoms with Crippen molar-refractivity contribution in [2.75, 3.05) is 28.4 Å². The number of carbonyl (C=O) groups excluding carboxylic acids is 4. The number of carbonyl (C=O) groups is 4. The van der Waals surface area contributed by atoms with Crippen LogP contribution in [0.25, 0.3) is 16.6 Å². The summed E-state index contributed by atoms with van der Waals surface area (Å²) in [6.07, 6.45) is 2.59. The first-order valence-electron chi connectivity index (χ1n) is 9.25. The van der Waals surface area contributed by atoms with Crippen LogP contribution in [-0.4, -0.2) is 62.0 Å². The van der Waals surface area contributed by atoms with Gasteiger partial charge in [0.25, 0.3) is 0 Å². The zero-order valence-corrected chi connectivity index (χ0v) is 17.8. The van der Waals surface area contributed by atoms with Crippen LogP contribution < -0.4 is 0 Å². The third kappa shape index (κ3) is 3.85. The van der Waals surface area contributed by atoms with Crippen LogP contribution >= 0.6 is 0 Å². The van der Waals surface area contributed by atoms with Crippen LogP contribution in [0.5, 0.6) is 0 Å². The van der Waals surface area contributed by atoms with Gasteiger partial charge in [-0.3, -0.25) is 4.90 Å². The number of methoxy groups -OCH3 is 4. The van der Waals surface area contributed by atoms with Crippen LogP contribution in [0.4, 0.5) is 9.59 Å². The van der Waals surface area contributed by atoms with Crippen molar-refractivity contribution in [1.29, 1.82) is 0 Å². The summed E-state index contributed by atoms with van der Waals surface area (Å²) >= 11 is 0. The van der Waals surface area contributed by atoms with Crippen molar-refractivity contribution in [2.24, 2.45) is 0 Å². The molecular weight excluding hydrogens is 420 g/mol. The molecule has 2 heterocycles. The third-order valence-corrected chi connectivity index (χ3v) is 4.72. The lowest BCUT2D eigenvalue weighted by atomic mass is 10.0. The van der Waals surface area contributed by atoms with Gasteiger partial charge in [-0.2, -0.15) is 0 Å². The lowest BCUT2D eigenvalue weighted by Crippen LogP contribution is -2.29. The number of benzene rings is 1. The van der Waals surface area contributed by atoms with Crippen molar-refractivity contribution in [1.82, 2.24) is 9.47 Å². The van der Waals surface area contributed by atoms with Gasteiger partial charge in [0.05, 0.1) is 45.3 Å². The molecule has 0 fully saturated rings. The highest BCUT2D eigenvalue weighted by molar-refractivity contribution is 6.16. The number of amides is 1. The van der Waals surface area contributed by atoms with E-state index in [1.54, 1.807) is 30.3 Å². The SMILES string of the molecule is COC(=O)C(C(=O)OC)=C1C=CN(C(=O)OC)C(c2cc3ccccc3n2C(=O)OC)=C1. The fourth-order valence-corrected chi connectivity index (χ4v) is 3.26. The second-order valence-electron chi connectivity index (χ2n) is 6.39. The molecule has 0 spiro atoms. The standard InChI is InChI=1S/C22H20N2O8/c1-29-19(25)18(20(26)30-2)14-9-10-23(21(27)31-3)16(12-14)17-11-13-7-5-6-8-15(13)24(17)22(28)32-4/h5-12H,1-4H3. The number of fused-ring (bicyclic) bond motifs is 1. The summed E-state index contributed by atoms with van der Waals surface area (Å²) < 4.78 is 20.5. The minimum absolute atomic E-state index is 0.112. The molecule has 32 heavy (non-hydrogen) atoms. The monoisotopic (exact) mass is 440 g/mol. The number of rotatable bonds is 3. The average molecular weight is 440 g/mol. The molecular formula is C22H20N2O8. The number of ether oxygens (including phenoxy) is 4. The molecule has 0 unspecified atom stereocenters. The Balaban J connectivity index is 2.35. The van der Waals surface area contributed by atoms with Gasteiger partial charge in [0, 0.05) is 11.6 Å². The molecule has 10 nitrogen and oxygen atoms in total. The molecule has 166 valence electrons. The van der Waals surface area contributed by atoms with Gasteiger partial charge >= 0.3 is 24.1 Å². The van der Waals surface area contributed by atoms with E-state index < -0.39 is 24.1 Å². The molecule has 1 amide bonds. The molecule has 1 aromatic carbocycles. The summed E-state index contributed by atoms with van der Waals surface area (Å²) in [5.41, 5.74) is 0.677. The minimum atomic E-state index is -0.924. The van der Waals surface area contributed by atoms with Gasteiger partial charge < -0.3 is 18.9 Å². The molecule has 0 saturated carbocycles. The second-order valence-corrected chi connectivity index (χ2v) is 6.39. The number of nitrogens with zero attached hydrogens (tertiary/aromatic N) is 2. The van der Waals surface area contributed by atoms with Crippen molar-refractivity contribution >= 4 is 40.7 Å². The number of hydrogen-bond acceptors (Lipinski definition) is 8. The molecule has 3 rings (SSSR count). The zero-order valence-electron chi connectivity index (χ0n) is 17.8. The summed E-state index contributed by atoms with van der Waals surface area (Å²) in [6, 6.07) is 8.70. The Morgan fingerprint density at radius 3 is 2.03 bits per heavy atom. The first-order valence-corrected chi connectivity index (χ1v) is 9.25. The van der Waals surface area contributed by atoms with Gasteiger partial charge in [-0.05, 0) is 29.9 Å². The van der Waals surface area contributed by atoms with Gasteiger partial charge in [0.1, 0.15) is 0 Å². The molecule has 10 heteroatoms. The normalized spacial score (nSPS) is 12.8. The van der Waals surface area contributed by atoms with Gasteiger partial charge in [-0.25, -0.2) is 23.7 Å². The number of esters is 2. The molecule has 0 atom stereocenters. The summed E-state index contributed by atoms with van der Waals surface area (Å²) in [6.45, 7) is 0. The lowest BCUT2D eigenvalue weighted by Gasteiger charge is -2.25. The van der Waals surface area contributed by atoms with Crippen LogP contribution in [0, 0.1) is 0 Å². The van der Waals surface area contributed by atoms with E-state index in [1.165, 1.54) is 37.1 Å². The highest BCUT2D eigenvalue weighted by Gasteiger charge is 2.30. The van der Waals surface area contributed by atoms with Gasteiger partial charge in [-0.15, -0.1) is 0 Å². The van der Waals surface area contributed by atoms with Gasteiger partial charge in [0.15, 0.2) is 5.57 Å². The third-order valence-electron chi connectivity index (χ3n) is 4.72. The molecule has 2 aromatic rings. The smallest absolute Gasteiger partial charge is 0.418 e. The van der Waals surface area contributed by atoms with Crippen molar-refractivity contribution in [2.45, 2.75) is 0 Å². The molecule has 0 radical (unpaired) electrons. The summed E-state index contributed by atoms with van der Waals surface area (Å²) in [5, 5.41) is 0.694. The van der Waals surface area contributed by atoms with E-state index in [9.17, 15) is 19.2 Å². The Morgan fingerprint density at radius 1 is 0.812 bits per heavy atom. The van der Waals surface area contributed by atoms with E-state index >= 15 is 0 Å². The average Bonchev–Trinajstić information content (AvgIpc) is 3.22.